The van der Waals surface area contributed by atoms with Crippen molar-refractivity contribution in [3.63, 3.8) is 0 Å². The number of thiophene rings is 1. The Morgan fingerprint density at radius 2 is 2.11 bits per heavy atom. The summed E-state index contributed by atoms with van der Waals surface area (Å²) in [5.74, 6) is 1.51. The number of aryl methyl sites for hydroxylation is 1. The Balaban J connectivity index is 2.33. The normalized spacial score (nSPS) is 11.1. The van der Waals surface area contributed by atoms with E-state index in [2.05, 4.69) is 20.3 Å². The fraction of sp³-hybridized carbons (Fsp3) is 0.250. The van der Waals surface area contributed by atoms with Crippen LogP contribution in [-0.4, -0.2) is 26.6 Å². The maximum atomic E-state index is 4.55. The highest BCUT2D eigenvalue weighted by Crippen LogP contribution is 2.27. The molecule has 92 valence electrons. The van der Waals surface area contributed by atoms with E-state index in [1.807, 2.05) is 43.2 Å². The maximum Gasteiger partial charge on any atom is 0.225 e. The van der Waals surface area contributed by atoms with Gasteiger partial charge in [0.2, 0.25) is 5.95 Å². The molecule has 0 spiro atoms. The molecule has 5 nitrogen and oxygen atoms in total. The smallest absolute Gasteiger partial charge is 0.225 e. The summed E-state index contributed by atoms with van der Waals surface area (Å²) in [6, 6.07) is 2.01. The zero-order valence-corrected chi connectivity index (χ0v) is 11.2. The van der Waals surface area contributed by atoms with Crippen molar-refractivity contribution in [1.29, 1.82) is 0 Å². The van der Waals surface area contributed by atoms with E-state index in [9.17, 15) is 0 Å². The van der Waals surface area contributed by atoms with Gasteiger partial charge in [-0.3, -0.25) is 4.57 Å². The Morgan fingerprint density at radius 1 is 1.28 bits per heavy atom. The van der Waals surface area contributed by atoms with Crippen molar-refractivity contribution in [2.75, 3.05) is 12.4 Å². The monoisotopic (exact) mass is 259 g/mol. The van der Waals surface area contributed by atoms with Gasteiger partial charge in [0.25, 0.3) is 0 Å². The minimum atomic E-state index is 0.627. The Bertz CT molecular complexity index is 712. The third-order valence-electron chi connectivity index (χ3n) is 2.99. The van der Waals surface area contributed by atoms with Gasteiger partial charge in [-0.25, -0.2) is 9.97 Å². The number of imidazole rings is 1. The second kappa shape index (κ2) is 4.06. The van der Waals surface area contributed by atoms with Crippen molar-refractivity contribution >= 4 is 27.5 Å². The molecule has 3 heterocycles. The van der Waals surface area contributed by atoms with Crippen LogP contribution in [0.15, 0.2) is 17.8 Å². The van der Waals surface area contributed by atoms with Gasteiger partial charge < -0.3 is 5.32 Å². The van der Waals surface area contributed by atoms with Crippen LogP contribution < -0.4 is 5.32 Å². The third kappa shape index (κ3) is 1.57. The highest BCUT2D eigenvalue weighted by atomic mass is 32.1. The Kier molecular flexibility index (Phi) is 2.52. The van der Waals surface area contributed by atoms with Gasteiger partial charge >= 0.3 is 0 Å². The number of anilines is 1. The van der Waals surface area contributed by atoms with Crippen LogP contribution in [0.2, 0.25) is 0 Å². The molecule has 0 amide bonds. The van der Waals surface area contributed by atoms with E-state index >= 15 is 0 Å². The van der Waals surface area contributed by atoms with Gasteiger partial charge in [0.15, 0.2) is 5.82 Å². The molecule has 6 heteroatoms. The van der Waals surface area contributed by atoms with Gasteiger partial charge in [-0.15, -0.1) is 11.3 Å². The van der Waals surface area contributed by atoms with Gasteiger partial charge in [0.05, 0.1) is 15.9 Å². The van der Waals surface area contributed by atoms with Crippen molar-refractivity contribution < 1.29 is 0 Å². The summed E-state index contributed by atoms with van der Waals surface area (Å²) in [5.41, 5.74) is 3.08. The second-order valence-electron chi connectivity index (χ2n) is 4.04. The summed E-state index contributed by atoms with van der Waals surface area (Å²) in [6.07, 6.45) is 1.81. The summed E-state index contributed by atoms with van der Waals surface area (Å²) in [6.45, 7) is 4.04. The number of fused-ring (bicyclic) bond motifs is 1. The summed E-state index contributed by atoms with van der Waals surface area (Å²) < 4.78 is 3.09. The molecule has 0 aliphatic rings. The molecule has 0 bridgehead atoms. The molecule has 0 saturated carbocycles. The lowest BCUT2D eigenvalue weighted by molar-refractivity contribution is 0.956. The molecule has 0 aromatic carbocycles. The molecule has 1 N–H and O–H groups in total. The van der Waals surface area contributed by atoms with Crippen LogP contribution in [0, 0.1) is 13.8 Å². The van der Waals surface area contributed by atoms with Crippen molar-refractivity contribution in [1.82, 2.24) is 19.5 Å². The average Bonchev–Trinajstić information content (AvgIpc) is 2.97. The first-order valence-corrected chi connectivity index (χ1v) is 6.52. The summed E-state index contributed by atoms with van der Waals surface area (Å²) in [7, 11) is 1.82. The molecule has 3 aromatic heterocycles. The molecule has 3 rings (SSSR count). The minimum Gasteiger partial charge on any atom is -0.357 e. The van der Waals surface area contributed by atoms with Crippen molar-refractivity contribution in [2.24, 2.45) is 0 Å². The minimum absolute atomic E-state index is 0.627. The third-order valence-corrected chi connectivity index (χ3v) is 3.89. The topological polar surface area (TPSA) is 55.6 Å². The SMILES string of the molecule is CNc1nc(-n2cnc(C)c2C)c2sccc2n1. The Morgan fingerprint density at radius 3 is 2.78 bits per heavy atom. The first-order valence-electron chi connectivity index (χ1n) is 5.64. The van der Waals surface area contributed by atoms with Crippen molar-refractivity contribution in [3.8, 4) is 5.82 Å². The molecule has 3 aromatic rings. The van der Waals surface area contributed by atoms with Gasteiger partial charge in [0, 0.05) is 12.7 Å². The lowest BCUT2D eigenvalue weighted by Gasteiger charge is -2.07. The van der Waals surface area contributed by atoms with Crippen LogP contribution in [0.4, 0.5) is 5.95 Å². The quantitative estimate of drug-likeness (QED) is 0.768. The van der Waals surface area contributed by atoms with Crippen LogP contribution >= 0.6 is 11.3 Å². The first kappa shape index (κ1) is 11.2. The Hall–Kier alpha value is -1.95. The van der Waals surface area contributed by atoms with Crippen LogP contribution in [-0.2, 0) is 0 Å². The average molecular weight is 259 g/mol. The van der Waals surface area contributed by atoms with E-state index in [1.165, 1.54) is 0 Å². The van der Waals surface area contributed by atoms with Gasteiger partial charge in [-0.05, 0) is 25.3 Å². The van der Waals surface area contributed by atoms with Crippen LogP contribution in [0.5, 0.6) is 0 Å². The number of hydrogen-bond donors (Lipinski definition) is 1. The summed E-state index contributed by atoms with van der Waals surface area (Å²) in [4.78, 5) is 13.3. The van der Waals surface area contributed by atoms with Crippen LogP contribution in [0.3, 0.4) is 0 Å². The van der Waals surface area contributed by atoms with Crippen LogP contribution in [0.1, 0.15) is 11.4 Å². The second-order valence-corrected chi connectivity index (χ2v) is 4.96. The molecular weight excluding hydrogens is 246 g/mol. The molecule has 18 heavy (non-hydrogen) atoms. The van der Waals surface area contributed by atoms with Gasteiger partial charge in [-0.1, -0.05) is 0 Å². The zero-order valence-electron chi connectivity index (χ0n) is 10.4. The molecule has 0 unspecified atom stereocenters. The van der Waals surface area contributed by atoms with Crippen molar-refractivity contribution in [2.45, 2.75) is 13.8 Å². The first-order chi connectivity index (χ1) is 8.70. The molecule has 0 atom stereocenters. The van der Waals surface area contributed by atoms with Crippen LogP contribution in [0.25, 0.3) is 16.0 Å². The largest absolute Gasteiger partial charge is 0.357 e. The number of rotatable bonds is 2. The lowest BCUT2D eigenvalue weighted by atomic mass is 10.3. The van der Waals surface area contributed by atoms with Gasteiger partial charge in [0.1, 0.15) is 6.33 Å². The predicted molar refractivity (Wildman–Crippen MR) is 73.6 cm³/mol. The number of hydrogen-bond acceptors (Lipinski definition) is 5. The molecule has 0 aliphatic carbocycles. The van der Waals surface area contributed by atoms with E-state index in [1.54, 1.807) is 11.3 Å². The standard InChI is InChI=1S/C12H13N5S/c1-7-8(2)17(6-14-7)11-10-9(4-5-18-10)15-12(13-3)16-11/h4-6H,1-3H3,(H,13,15,16). The summed E-state index contributed by atoms with van der Waals surface area (Å²) >= 11 is 1.64. The van der Waals surface area contributed by atoms with E-state index in [-0.39, 0.29) is 0 Å². The number of aromatic nitrogens is 4. The zero-order chi connectivity index (χ0) is 12.7. The molecule has 0 saturated heterocycles. The van der Waals surface area contributed by atoms with E-state index in [4.69, 9.17) is 0 Å². The van der Waals surface area contributed by atoms with E-state index < -0.39 is 0 Å². The predicted octanol–water partition coefficient (Wildman–Crippen LogP) is 2.54. The lowest BCUT2D eigenvalue weighted by Crippen LogP contribution is -2.04. The molecule has 0 fully saturated rings. The maximum absolute atomic E-state index is 4.55. The van der Waals surface area contributed by atoms with Crippen molar-refractivity contribution in [3.05, 3.63) is 29.2 Å². The number of nitrogens with one attached hydrogen (secondary N) is 1. The van der Waals surface area contributed by atoms with E-state index in [0.717, 1.165) is 27.4 Å². The molecule has 0 aliphatic heterocycles. The Labute approximate surface area is 109 Å². The highest BCUT2D eigenvalue weighted by Gasteiger charge is 2.13. The fourth-order valence-electron chi connectivity index (χ4n) is 1.84. The highest BCUT2D eigenvalue weighted by molar-refractivity contribution is 7.17. The van der Waals surface area contributed by atoms with E-state index in [0.29, 0.717) is 5.95 Å². The number of nitrogens with zero attached hydrogens (tertiary/aromatic N) is 4. The molecule has 0 radical (unpaired) electrons. The summed E-state index contributed by atoms with van der Waals surface area (Å²) in [5, 5.41) is 5.02. The molecular formula is C12H13N5S. The fourth-order valence-corrected chi connectivity index (χ4v) is 2.65. The van der Waals surface area contributed by atoms with Gasteiger partial charge in [-0.2, -0.15) is 4.98 Å².